The molecule has 9 nitrogen and oxygen atoms in total. The van der Waals surface area contributed by atoms with Gasteiger partial charge >= 0.3 is 6.09 Å². The highest BCUT2D eigenvalue weighted by Gasteiger charge is 2.32. The zero-order valence-corrected chi connectivity index (χ0v) is 15.6. The number of halogens is 1. The minimum absolute atomic E-state index is 0.154. The Morgan fingerprint density at radius 1 is 1.52 bits per heavy atom. The lowest BCUT2D eigenvalue weighted by Gasteiger charge is -2.14. The minimum Gasteiger partial charge on any atom is -0.772 e. The number of nitrogens with zero attached hydrogens (tertiary/aromatic N) is 3. The Hall–Kier alpha value is -2.44. The quantitative estimate of drug-likeness (QED) is 0.705. The Morgan fingerprint density at radius 2 is 2.30 bits per heavy atom. The monoisotopic (exact) mass is 413 g/mol. The summed E-state index contributed by atoms with van der Waals surface area (Å²) >= 11 is -1.33. The molecule has 1 aromatic heterocycles. The molecule has 2 atom stereocenters. The van der Waals surface area contributed by atoms with Crippen LogP contribution >= 0.6 is 11.3 Å². The van der Waals surface area contributed by atoms with E-state index >= 15 is 0 Å². The zero-order chi connectivity index (χ0) is 19.6. The van der Waals surface area contributed by atoms with Crippen molar-refractivity contribution in [2.75, 3.05) is 18.0 Å². The highest BCUT2D eigenvalue weighted by molar-refractivity contribution is 7.78. The van der Waals surface area contributed by atoms with Crippen molar-refractivity contribution >= 4 is 40.1 Å². The molecule has 0 saturated carbocycles. The van der Waals surface area contributed by atoms with Gasteiger partial charge in [0, 0.05) is 12.5 Å². The SMILES string of the molecule is CC(=O)NCC1CN(c2ccc(-c3nnc(CS(=O)[O-])s3)c(F)c2)C(=O)O1. The zero-order valence-electron chi connectivity index (χ0n) is 14.0. The molecule has 1 aliphatic rings. The summed E-state index contributed by atoms with van der Waals surface area (Å²) in [6.45, 7) is 1.71. The highest BCUT2D eigenvalue weighted by atomic mass is 32.2. The van der Waals surface area contributed by atoms with Gasteiger partial charge in [-0.15, -0.1) is 10.2 Å². The number of hydrogen-bond donors (Lipinski definition) is 1. The van der Waals surface area contributed by atoms with E-state index in [2.05, 4.69) is 15.5 Å². The van der Waals surface area contributed by atoms with Crippen molar-refractivity contribution < 1.29 is 27.5 Å². The number of ether oxygens (including phenoxy) is 1. The maximum Gasteiger partial charge on any atom is 0.414 e. The van der Waals surface area contributed by atoms with Crippen LogP contribution < -0.4 is 10.2 Å². The average molecular weight is 413 g/mol. The summed E-state index contributed by atoms with van der Waals surface area (Å²) in [6.07, 6.45) is -1.16. The van der Waals surface area contributed by atoms with Crippen LogP contribution in [0.1, 0.15) is 11.9 Å². The number of aromatic nitrogens is 2. The maximum atomic E-state index is 14.5. The molecule has 0 radical (unpaired) electrons. The van der Waals surface area contributed by atoms with Crippen molar-refractivity contribution in [1.82, 2.24) is 15.5 Å². The largest absolute Gasteiger partial charge is 0.772 e. The van der Waals surface area contributed by atoms with E-state index in [1.54, 1.807) is 0 Å². The third-order valence-electron chi connectivity index (χ3n) is 3.66. The van der Waals surface area contributed by atoms with Gasteiger partial charge in [0.1, 0.15) is 16.9 Å². The Bertz CT molecular complexity index is 906. The van der Waals surface area contributed by atoms with Gasteiger partial charge in [-0.05, 0) is 29.3 Å². The first-order valence-corrected chi connectivity index (χ1v) is 9.80. The van der Waals surface area contributed by atoms with Crippen LogP contribution in [0.25, 0.3) is 10.6 Å². The van der Waals surface area contributed by atoms with E-state index in [0.29, 0.717) is 5.69 Å². The van der Waals surface area contributed by atoms with Crippen LogP contribution in [0.5, 0.6) is 0 Å². The van der Waals surface area contributed by atoms with Gasteiger partial charge < -0.3 is 14.6 Å². The number of carbonyl (C=O) groups is 2. The van der Waals surface area contributed by atoms with Gasteiger partial charge in [-0.25, -0.2) is 9.18 Å². The van der Waals surface area contributed by atoms with Crippen LogP contribution in [0, 0.1) is 5.82 Å². The number of cyclic esters (lactones) is 1. The molecular weight excluding hydrogens is 399 g/mol. The molecule has 1 N–H and O–H groups in total. The standard InChI is InChI=1S/C15H15FN4O5S2/c1-8(21)17-5-10-6-20(15(22)25-10)9-2-3-11(12(16)4-9)14-19-18-13(26-14)7-27(23)24/h2-4,10H,5-7H2,1H3,(H,17,21)(H,23,24)/p-1. The fraction of sp³-hybridized carbons (Fsp3) is 0.333. The number of hydrogen-bond acceptors (Lipinski definition) is 8. The number of anilines is 1. The fourth-order valence-corrected chi connectivity index (χ4v) is 3.91. The number of carbonyl (C=O) groups excluding carboxylic acids is 2. The number of nitrogens with one attached hydrogen (secondary N) is 1. The molecule has 0 aliphatic carbocycles. The molecule has 3 rings (SSSR count). The van der Waals surface area contributed by atoms with E-state index in [-0.39, 0.29) is 40.3 Å². The van der Waals surface area contributed by atoms with Crippen molar-refractivity contribution in [1.29, 1.82) is 0 Å². The van der Waals surface area contributed by atoms with Crippen molar-refractivity contribution in [3.8, 4) is 10.6 Å². The predicted molar refractivity (Wildman–Crippen MR) is 94.2 cm³/mol. The van der Waals surface area contributed by atoms with Crippen molar-refractivity contribution in [2.45, 2.75) is 18.8 Å². The topological polar surface area (TPSA) is 125 Å². The molecular formula is C15H14FN4O5S2-. The van der Waals surface area contributed by atoms with Crippen LogP contribution in [-0.2, 0) is 26.4 Å². The van der Waals surface area contributed by atoms with Crippen LogP contribution in [0.2, 0.25) is 0 Å². The first-order valence-electron chi connectivity index (χ1n) is 7.74. The molecule has 0 spiro atoms. The number of rotatable bonds is 6. The van der Waals surface area contributed by atoms with Gasteiger partial charge in [-0.2, -0.15) is 0 Å². The van der Waals surface area contributed by atoms with E-state index in [9.17, 15) is 22.7 Å². The van der Waals surface area contributed by atoms with Crippen molar-refractivity contribution in [2.24, 2.45) is 0 Å². The Kier molecular flexibility index (Phi) is 5.77. The van der Waals surface area contributed by atoms with Crippen LogP contribution in [0.15, 0.2) is 18.2 Å². The molecule has 1 fully saturated rings. The lowest BCUT2D eigenvalue weighted by atomic mass is 10.2. The summed E-state index contributed by atoms with van der Waals surface area (Å²) in [7, 11) is 0. The van der Waals surface area contributed by atoms with Crippen molar-refractivity contribution in [3.63, 3.8) is 0 Å². The Morgan fingerprint density at radius 3 is 2.96 bits per heavy atom. The molecule has 0 bridgehead atoms. The summed E-state index contributed by atoms with van der Waals surface area (Å²) in [5.41, 5.74) is 0.457. The van der Waals surface area contributed by atoms with Crippen molar-refractivity contribution in [3.05, 3.63) is 29.0 Å². The van der Waals surface area contributed by atoms with E-state index in [4.69, 9.17) is 4.74 Å². The molecule has 2 amide bonds. The smallest absolute Gasteiger partial charge is 0.414 e. The third-order valence-corrected chi connectivity index (χ3v) is 5.30. The molecule has 2 heterocycles. The lowest BCUT2D eigenvalue weighted by Crippen LogP contribution is -2.33. The van der Waals surface area contributed by atoms with Gasteiger partial charge in [-0.1, -0.05) is 11.3 Å². The molecule has 1 aliphatic heterocycles. The maximum absolute atomic E-state index is 14.5. The normalized spacial score (nSPS) is 17.7. The minimum atomic E-state index is -2.30. The highest BCUT2D eigenvalue weighted by Crippen LogP contribution is 2.30. The molecule has 144 valence electrons. The molecule has 2 aromatic rings. The lowest BCUT2D eigenvalue weighted by molar-refractivity contribution is -0.119. The molecule has 2 unspecified atom stereocenters. The second-order valence-electron chi connectivity index (χ2n) is 5.67. The average Bonchev–Trinajstić information content (AvgIpc) is 3.19. The van der Waals surface area contributed by atoms with Crippen LogP contribution in [0.4, 0.5) is 14.9 Å². The first-order chi connectivity index (χ1) is 12.8. The van der Waals surface area contributed by atoms with E-state index in [1.807, 2.05) is 0 Å². The van der Waals surface area contributed by atoms with Gasteiger partial charge in [0.25, 0.3) is 0 Å². The van der Waals surface area contributed by atoms with E-state index < -0.39 is 29.1 Å². The van der Waals surface area contributed by atoms with Gasteiger partial charge in [0.05, 0.1) is 24.5 Å². The first kappa shape index (κ1) is 19.3. The van der Waals surface area contributed by atoms with Gasteiger partial charge in [-0.3, -0.25) is 13.9 Å². The summed E-state index contributed by atoms with van der Waals surface area (Å²) in [5, 5.41) is 10.6. The summed E-state index contributed by atoms with van der Waals surface area (Å²) in [6, 6.07) is 4.15. The predicted octanol–water partition coefficient (Wildman–Crippen LogP) is 1.18. The molecule has 1 saturated heterocycles. The Balaban J connectivity index is 1.75. The third kappa shape index (κ3) is 4.64. The van der Waals surface area contributed by atoms with Crippen LogP contribution in [-0.4, -0.2) is 50.2 Å². The summed E-state index contributed by atoms with van der Waals surface area (Å²) < 4.78 is 41.1. The molecule has 12 heteroatoms. The number of amides is 2. The van der Waals surface area contributed by atoms with Gasteiger partial charge in [0.2, 0.25) is 5.91 Å². The summed E-state index contributed by atoms with van der Waals surface area (Å²) in [5.74, 6) is -1.15. The van der Waals surface area contributed by atoms with E-state index in [1.165, 1.54) is 30.0 Å². The fourth-order valence-electron chi connectivity index (χ4n) is 2.46. The van der Waals surface area contributed by atoms with Gasteiger partial charge in [0.15, 0.2) is 5.01 Å². The molecule has 27 heavy (non-hydrogen) atoms. The van der Waals surface area contributed by atoms with E-state index in [0.717, 1.165) is 11.3 Å². The number of benzene rings is 1. The second kappa shape index (κ2) is 8.06. The Labute approximate surface area is 159 Å². The second-order valence-corrected chi connectivity index (χ2v) is 7.62. The summed E-state index contributed by atoms with van der Waals surface area (Å²) in [4.78, 5) is 24.2. The molecule has 1 aromatic carbocycles. The van der Waals surface area contributed by atoms with Crippen LogP contribution in [0.3, 0.4) is 0 Å².